The Bertz CT molecular complexity index is 874. The molecule has 1 aromatic heterocycles. The van der Waals surface area contributed by atoms with Gasteiger partial charge in [-0.1, -0.05) is 0 Å². The summed E-state index contributed by atoms with van der Waals surface area (Å²) in [5.74, 6) is -0.248. The normalized spacial score (nSPS) is 16.7. The van der Waals surface area contributed by atoms with Crippen molar-refractivity contribution in [1.82, 2.24) is 9.78 Å². The molecule has 2 heterocycles. The lowest BCUT2D eigenvalue weighted by Gasteiger charge is -2.26. The number of Topliss-reactive ketones (excluding diaryl/α,β-unsaturated/α-hetero) is 2. The first-order valence-corrected chi connectivity index (χ1v) is 8.44. The van der Waals surface area contributed by atoms with E-state index in [1.54, 1.807) is 30.1 Å². The van der Waals surface area contributed by atoms with E-state index in [-0.39, 0.29) is 29.7 Å². The summed E-state index contributed by atoms with van der Waals surface area (Å²) in [6.07, 6.45) is 5.13. The second kappa shape index (κ2) is 7.07. The average molecular weight is 356 g/mol. The maximum Gasteiger partial charge on any atom is 0.293 e. The van der Waals surface area contributed by atoms with E-state index in [2.05, 4.69) is 5.10 Å². The van der Waals surface area contributed by atoms with Gasteiger partial charge in [0.2, 0.25) is 0 Å². The summed E-state index contributed by atoms with van der Waals surface area (Å²) in [5.41, 5.74) is 1.21. The van der Waals surface area contributed by atoms with Crippen LogP contribution in [0.5, 0.6) is 0 Å². The number of anilines is 1. The van der Waals surface area contributed by atoms with Crippen molar-refractivity contribution in [2.45, 2.75) is 32.2 Å². The van der Waals surface area contributed by atoms with Crippen LogP contribution in [0.3, 0.4) is 0 Å². The Balaban J connectivity index is 1.87. The molecule has 0 spiro atoms. The van der Waals surface area contributed by atoms with Crippen LogP contribution >= 0.6 is 0 Å². The summed E-state index contributed by atoms with van der Waals surface area (Å²) in [5, 5.41) is 15.5. The molecule has 0 aliphatic carbocycles. The zero-order valence-corrected chi connectivity index (χ0v) is 14.7. The van der Waals surface area contributed by atoms with Gasteiger partial charge < -0.3 is 4.90 Å². The third-order valence-corrected chi connectivity index (χ3v) is 4.71. The van der Waals surface area contributed by atoms with Crippen LogP contribution in [0.15, 0.2) is 30.6 Å². The SMILES string of the molecule is CC(=O)c1ccc(N2CCCC2CC(=O)c2cnn(C)c2)c([N+](=O)[O-])c1. The van der Waals surface area contributed by atoms with Gasteiger partial charge in [-0.3, -0.25) is 24.4 Å². The first-order chi connectivity index (χ1) is 12.4. The minimum Gasteiger partial charge on any atom is -0.363 e. The van der Waals surface area contributed by atoms with Gasteiger partial charge in [0.1, 0.15) is 5.69 Å². The van der Waals surface area contributed by atoms with Gasteiger partial charge in [0.25, 0.3) is 5.69 Å². The number of nitrogens with zero attached hydrogens (tertiary/aromatic N) is 4. The van der Waals surface area contributed by atoms with Crippen molar-refractivity contribution in [3.05, 3.63) is 51.8 Å². The maximum atomic E-state index is 12.5. The second-order valence-electron chi connectivity index (χ2n) is 6.54. The predicted octanol–water partition coefficient (Wildman–Crippen LogP) is 2.77. The Kier molecular flexibility index (Phi) is 4.83. The monoisotopic (exact) mass is 356 g/mol. The van der Waals surface area contributed by atoms with Gasteiger partial charge in [0, 0.05) is 43.9 Å². The Morgan fingerprint density at radius 1 is 1.35 bits per heavy atom. The van der Waals surface area contributed by atoms with Crippen LogP contribution in [0.25, 0.3) is 0 Å². The van der Waals surface area contributed by atoms with E-state index in [1.165, 1.54) is 19.2 Å². The molecule has 1 aliphatic rings. The van der Waals surface area contributed by atoms with E-state index < -0.39 is 4.92 Å². The number of nitro groups is 1. The fourth-order valence-corrected chi connectivity index (χ4v) is 3.39. The van der Waals surface area contributed by atoms with Crippen molar-refractivity contribution in [1.29, 1.82) is 0 Å². The number of rotatable bonds is 6. The summed E-state index contributed by atoms with van der Waals surface area (Å²) in [6.45, 7) is 2.02. The summed E-state index contributed by atoms with van der Waals surface area (Å²) >= 11 is 0. The lowest BCUT2D eigenvalue weighted by Crippen LogP contribution is -2.31. The van der Waals surface area contributed by atoms with Gasteiger partial charge in [-0.05, 0) is 31.9 Å². The molecule has 8 nitrogen and oxygen atoms in total. The smallest absolute Gasteiger partial charge is 0.293 e. The molecule has 1 unspecified atom stereocenters. The molecule has 2 aromatic rings. The number of nitro benzene ring substituents is 1. The number of benzene rings is 1. The van der Waals surface area contributed by atoms with Crippen LogP contribution in [0.4, 0.5) is 11.4 Å². The minimum atomic E-state index is -0.472. The zero-order valence-electron chi connectivity index (χ0n) is 14.7. The van der Waals surface area contributed by atoms with Crippen molar-refractivity contribution in [2.24, 2.45) is 7.05 Å². The molecule has 1 aliphatic heterocycles. The minimum absolute atomic E-state index is 0.0296. The summed E-state index contributed by atoms with van der Waals surface area (Å²) in [4.78, 5) is 37.0. The number of ketones is 2. The van der Waals surface area contributed by atoms with Crippen molar-refractivity contribution in [3.8, 4) is 0 Å². The first-order valence-electron chi connectivity index (χ1n) is 8.44. The second-order valence-corrected chi connectivity index (χ2v) is 6.54. The van der Waals surface area contributed by atoms with Gasteiger partial charge in [-0.2, -0.15) is 5.10 Å². The van der Waals surface area contributed by atoms with Crippen LogP contribution in [0.2, 0.25) is 0 Å². The molecule has 1 atom stereocenters. The van der Waals surface area contributed by atoms with E-state index in [4.69, 9.17) is 0 Å². The lowest BCUT2D eigenvalue weighted by atomic mass is 10.0. The highest BCUT2D eigenvalue weighted by atomic mass is 16.6. The standard InChI is InChI=1S/C18H20N4O4/c1-12(23)13-5-6-16(17(8-13)22(25)26)21-7-3-4-15(21)9-18(24)14-10-19-20(2)11-14/h5-6,8,10-11,15H,3-4,7,9H2,1-2H3. The third-order valence-electron chi connectivity index (χ3n) is 4.71. The fraction of sp³-hybridized carbons (Fsp3) is 0.389. The fourth-order valence-electron chi connectivity index (χ4n) is 3.39. The highest BCUT2D eigenvalue weighted by molar-refractivity contribution is 5.97. The molecule has 3 rings (SSSR count). The molecule has 0 N–H and O–H groups in total. The van der Waals surface area contributed by atoms with Crippen LogP contribution < -0.4 is 4.90 Å². The molecule has 26 heavy (non-hydrogen) atoms. The lowest BCUT2D eigenvalue weighted by molar-refractivity contribution is -0.384. The van der Waals surface area contributed by atoms with Crippen LogP contribution in [0, 0.1) is 10.1 Å². The van der Waals surface area contributed by atoms with Gasteiger partial charge in [0.15, 0.2) is 11.6 Å². The maximum absolute atomic E-state index is 12.5. The largest absolute Gasteiger partial charge is 0.363 e. The Hall–Kier alpha value is -3.03. The summed E-state index contributed by atoms with van der Waals surface area (Å²) in [6, 6.07) is 4.42. The molecule has 1 fully saturated rings. The van der Waals surface area contributed by atoms with Gasteiger partial charge >= 0.3 is 0 Å². The molecular weight excluding hydrogens is 336 g/mol. The summed E-state index contributed by atoms with van der Waals surface area (Å²) < 4.78 is 1.57. The van der Waals surface area contributed by atoms with Crippen LogP contribution in [-0.2, 0) is 7.05 Å². The van der Waals surface area contributed by atoms with E-state index in [1.807, 2.05) is 4.90 Å². The molecule has 1 aromatic carbocycles. The van der Waals surface area contributed by atoms with E-state index in [9.17, 15) is 19.7 Å². The number of carbonyl (C=O) groups is 2. The molecule has 0 radical (unpaired) electrons. The zero-order chi connectivity index (χ0) is 18.8. The van der Waals surface area contributed by atoms with E-state index in [0.717, 1.165) is 12.8 Å². The molecule has 0 saturated carbocycles. The molecule has 8 heteroatoms. The van der Waals surface area contributed by atoms with Crippen molar-refractivity contribution >= 4 is 22.9 Å². The highest BCUT2D eigenvalue weighted by Crippen LogP contribution is 2.35. The topological polar surface area (TPSA) is 98.3 Å². The van der Waals surface area contributed by atoms with Gasteiger partial charge in [-0.15, -0.1) is 0 Å². The highest BCUT2D eigenvalue weighted by Gasteiger charge is 2.32. The molecule has 0 amide bonds. The number of hydrogen-bond donors (Lipinski definition) is 0. The van der Waals surface area contributed by atoms with Crippen molar-refractivity contribution < 1.29 is 14.5 Å². The predicted molar refractivity (Wildman–Crippen MR) is 95.6 cm³/mol. The van der Waals surface area contributed by atoms with Gasteiger partial charge in [0.05, 0.1) is 16.7 Å². The number of aryl methyl sites for hydroxylation is 1. The van der Waals surface area contributed by atoms with Crippen molar-refractivity contribution in [2.75, 3.05) is 11.4 Å². The Labute approximate surface area is 150 Å². The Morgan fingerprint density at radius 2 is 2.12 bits per heavy atom. The number of hydrogen-bond acceptors (Lipinski definition) is 6. The number of carbonyl (C=O) groups excluding carboxylic acids is 2. The third kappa shape index (κ3) is 3.49. The summed E-state index contributed by atoms with van der Waals surface area (Å²) in [7, 11) is 1.75. The quantitative estimate of drug-likeness (QED) is 0.448. The molecular formula is C18H20N4O4. The van der Waals surface area contributed by atoms with Gasteiger partial charge in [-0.25, -0.2) is 0 Å². The van der Waals surface area contributed by atoms with E-state index >= 15 is 0 Å². The van der Waals surface area contributed by atoms with E-state index in [0.29, 0.717) is 23.4 Å². The van der Waals surface area contributed by atoms with Crippen LogP contribution in [0.1, 0.15) is 46.9 Å². The first kappa shape index (κ1) is 17.8. The number of aromatic nitrogens is 2. The van der Waals surface area contributed by atoms with Crippen LogP contribution in [-0.4, -0.2) is 38.9 Å². The molecule has 1 saturated heterocycles. The Morgan fingerprint density at radius 3 is 2.73 bits per heavy atom. The molecule has 0 bridgehead atoms. The van der Waals surface area contributed by atoms with Crippen molar-refractivity contribution in [3.63, 3.8) is 0 Å². The molecule has 136 valence electrons. The average Bonchev–Trinajstić information content (AvgIpc) is 3.23.